The molecule has 0 radical (unpaired) electrons. The van der Waals surface area contributed by atoms with Gasteiger partial charge in [0.1, 0.15) is 17.6 Å². The van der Waals surface area contributed by atoms with E-state index in [0.29, 0.717) is 0 Å². The van der Waals surface area contributed by atoms with Gasteiger partial charge in [0.2, 0.25) is 5.91 Å². The van der Waals surface area contributed by atoms with Crippen LogP contribution in [-0.4, -0.2) is 5.91 Å². The number of rotatable bonds is 6. The van der Waals surface area contributed by atoms with Gasteiger partial charge in [-0.3, -0.25) is 4.79 Å². The molecule has 0 aliphatic carbocycles. The number of nitriles is 1. The molecule has 32 heavy (non-hydrogen) atoms. The molecule has 1 amide bonds. The minimum atomic E-state index is -4.62. The number of primary amides is 1. The van der Waals surface area contributed by atoms with Crippen LogP contribution in [-0.2, 0) is 17.4 Å². The first-order chi connectivity index (χ1) is 15.2. The molecule has 0 saturated heterocycles. The smallest absolute Gasteiger partial charge is 0.416 e. The predicted molar refractivity (Wildman–Crippen MR) is 117 cm³/mol. The van der Waals surface area contributed by atoms with Crippen LogP contribution in [0.1, 0.15) is 30.5 Å². The van der Waals surface area contributed by atoms with Crippen molar-refractivity contribution >= 4 is 17.7 Å². The third-order valence-electron chi connectivity index (χ3n) is 3.95. The fraction of sp³-hybridized carbons (Fsp3) is 0.167. The number of ether oxygens (including phenoxy) is 1. The van der Waals surface area contributed by atoms with Gasteiger partial charge in [-0.05, 0) is 54.1 Å². The lowest BCUT2D eigenvalue weighted by Crippen LogP contribution is -2.14. The summed E-state index contributed by atoms with van der Waals surface area (Å²) in [4.78, 5) is 12.9. The first-order valence-electron chi connectivity index (χ1n) is 9.69. The molecule has 0 heterocycles. The molecule has 8 heteroatoms. The molecule has 0 bridgehead atoms. The molecular formula is C24H21F3N2O2S. The van der Waals surface area contributed by atoms with Crippen LogP contribution in [0.25, 0.3) is 0 Å². The Morgan fingerprint density at radius 3 is 2.31 bits per heavy atom. The van der Waals surface area contributed by atoms with Crippen molar-refractivity contribution in [2.75, 3.05) is 0 Å². The van der Waals surface area contributed by atoms with Gasteiger partial charge < -0.3 is 10.5 Å². The quantitative estimate of drug-likeness (QED) is 0.453. The molecule has 0 aliphatic rings. The molecule has 3 rings (SSSR count). The van der Waals surface area contributed by atoms with Crippen molar-refractivity contribution in [2.45, 2.75) is 36.2 Å². The maximum atomic E-state index is 13.2. The topological polar surface area (TPSA) is 76.1 Å². The number of hydrogen-bond donors (Lipinski definition) is 1. The van der Waals surface area contributed by atoms with Crippen LogP contribution in [0.5, 0.6) is 11.5 Å². The van der Waals surface area contributed by atoms with Crippen molar-refractivity contribution in [2.24, 2.45) is 5.73 Å². The van der Waals surface area contributed by atoms with Crippen molar-refractivity contribution < 1.29 is 22.7 Å². The highest BCUT2D eigenvalue weighted by Crippen LogP contribution is 2.36. The number of benzene rings is 3. The molecule has 0 saturated carbocycles. The van der Waals surface area contributed by atoms with E-state index in [1.165, 1.54) is 23.9 Å². The Morgan fingerprint density at radius 1 is 1.03 bits per heavy atom. The molecule has 0 aliphatic heterocycles. The van der Waals surface area contributed by atoms with Crippen molar-refractivity contribution in [1.29, 1.82) is 5.26 Å². The largest absolute Gasteiger partial charge is 0.456 e. The molecule has 0 spiro atoms. The van der Waals surface area contributed by atoms with E-state index in [0.717, 1.165) is 21.9 Å². The summed E-state index contributed by atoms with van der Waals surface area (Å²) in [6, 6.07) is 19.3. The second-order valence-corrected chi connectivity index (χ2v) is 7.44. The molecule has 3 aromatic carbocycles. The van der Waals surface area contributed by atoms with E-state index in [4.69, 9.17) is 10.5 Å². The average molecular weight is 459 g/mol. The molecular weight excluding hydrogens is 437 g/mol. The number of nitrogens with zero attached hydrogens (tertiary/aromatic N) is 1. The number of alkyl halides is 3. The van der Waals surface area contributed by atoms with Gasteiger partial charge in [-0.25, -0.2) is 0 Å². The van der Waals surface area contributed by atoms with Crippen molar-refractivity contribution in [3.8, 4) is 17.6 Å². The second kappa shape index (κ2) is 11.3. The van der Waals surface area contributed by atoms with E-state index < -0.39 is 17.6 Å². The molecule has 0 unspecified atom stereocenters. The molecule has 4 nitrogen and oxygen atoms in total. The highest BCUT2D eigenvalue weighted by molar-refractivity contribution is 7.99. The van der Waals surface area contributed by atoms with Gasteiger partial charge in [0.15, 0.2) is 0 Å². The van der Waals surface area contributed by atoms with Gasteiger partial charge in [-0.2, -0.15) is 18.4 Å². The van der Waals surface area contributed by atoms with E-state index in [2.05, 4.69) is 0 Å². The SMILES string of the molecule is CC.N#Cc1cc(Sc2ccccc2)ccc1Oc1cc(CC(N)=O)cc(C(F)(F)F)c1. The summed E-state index contributed by atoms with van der Waals surface area (Å²) in [6.07, 6.45) is -4.99. The van der Waals surface area contributed by atoms with Crippen LogP contribution in [0.3, 0.4) is 0 Å². The van der Waals surface area contributed by atoms with Crippen molar-refractivity contribution in [3.05, 3.63) is 83.4 Å². The van der Waals surface area contributed by atoms with Crippen LogP contribution >= 0.6 is 11.8 Å². The van der Waals surface area contributed by atoms with Crippen LogP contribution < -0.4 is 10.5 Å². The minimum absolute atomic E-state index is 0.0714. The summed E-state index contributed by atoms with van der Waals surface area (Å²) in [5, 5.41) is 9.46. The average Bonchev–Trinajstić information content (AvgIpc) is 2.75. The lowest BCUT2D eigenvalue weighted by Gasteiger charge is -2.14. The second-order valence-electron chi connectivity index (χ2n) is 6.29. The number of halogens is 3. The van der Waals surface area contributed by atoms with Crippen molar-refractivity contribution in [3.63, 3.8) is 0 Å². The monoisotopic (exact) mass is 458 g/mol. The maximum Gasteiger partial charge on any atom is 0.416 e. The molecule has 0 atom stereocenters. The molecule has 0 fully saturated rings. The van der Waals surface area contributed by atoms with Crippen molar-refractivity contribution in [1.82, 2.24) is 0 Å². The molecule has 3 aromatic rings. The van der Waals surface area contributed by atoms with Gasteiger partial charge in [0.25, 0.3) is 0 Å². The molecule has 0 aromatic heterocycles. The standard InChI is InChI=1S/C22H15F3N2O2S.C2H6/c23-22(24,25)16-8-14(10-21(27)28)9-17(12-16)29-20-7-6-19(11-15(20)13-26)30-18-4-2-1-3-5-18;1-2/h1-9,11-12H,10H2,(H2,27,28);1-2H3. The Hall–Kier alpha value is -3.44. The highest BCUT2D eigenvalue weighted by atomic mass is 32.2. The van der Waals surface area contributed by atoms with E-state index in [1.54, 1.807) is 12.1 Å². The summed E-state index contributed by atoms with van der Waals surface area (Å²) < 4.78 is 45.2. The van der Waals surface area contributed by atoms with E-state index in [9.17, 15) is 23.2 Å². The third-order valence-corrected chi connectivity index (χ3v) is 4.95. The van der Waals surface area contributed by atoms with Crippen LogP contribution in [0.15, 0.2) is 76.5 Å². The van der Waals surface area contributed by atoms with E-state index in [1.807, 2.05) is 50.2 Å². The summed E-state index contributed by atoms with van der Waals surface area (Å²) in [7, 11) is 0. The summed E-state index contributed by atoms with van der Waals surface area (Å²) in [5.41, 5.74) is 4.38. The first-order valence-corrected chi connectivity index (χ1v) is 10.5. The highest BCUT2D eigenvalue weighted by Gasteiger charge is 2.31. The molecule has 166 valence electrons. The fourth-order valence-electron chi connectivity index (χ4n) is 2.69. The van der Waals surface area contributed by atoms with Gasteiger partial charge in [0, 0.05) is 9.79 Å². The number of hydrogen-bond acceptors (Lipinski definition) is 4. The van der Waals surface area contributed by atoms with Crippen LogP contribution in [0.2, 0.25) is 0 Å². The Labute approximate surface area is 188 Å². The maximum absolute atomic E-state index is 13.2. The lowest BCUT2D eigenvalue weighted by atomic mass is 10.1. The number of carbonyl (C=O) groups is 1. The lowest BCUT2D eigenvalue weighted by molar-refractivity contribution is -0.137. The van der Waals surface area contributed by atoms with Crippen LogP contribution in [0.4, 0.5) is 13.2 Å². The summed E-state index contributed by atoms with van der Waals surface area (Å²) in [5.74, 6) is -0.791. The van der Waals surface area contributed by atoms with Gasteiger partial charge in [-0.15, -0.1) is 0 Å². The minimum Gasteiger partial charge on any atom is -0.456 e. The number of carbonyl (C=O) groups excluding carboxylic acids is 1. The first kappa shape index (κ1) is 24.8. The van der Waals surface area contributed by atoms with Crippen LogP contribution in [0, 0.1) is 11.3 Å². The summed E-state index contributed by atoms with van der Waals surface area (Å²) >= 11 is 1.44. The third kappa shape index (κ3) is 7.06. The Morgan fingerprint density at radius 2 is 1.72 bits per heavy atom. The normalized spacial score (nSPS) is 10.5. The zero-order chi connectivity index (χ0) is 23.7. The van der Waals surface area contributed by atoms with E-state index in [-0.39, 0.29) is 29.0 Å². The zero-order valence-electron chi connectivity index (χ0n) is 17.4. The zero-order valence-corrected chi connectivity index (χ0v) is 18.3. The van der Waals surface area contributed by atoms with Gasteiger partial charge in [-0.1, -0.05) is 43.8 Å². The van der Waals surface area contributed by atoms with Gasteiger partial charge in [0.05, 0.1) is 17.5 Å². The predicted octanol–water partition coefficient (Wildman–Crippen LogP) is 6.57. The fourth-order valence-corrected chi connectivity index (χ4v) is 3.57. The number of nitrogens with two attached hydrogens (primary N) is 1. The van der Waals surface area contributed by atoms with Gasteiger partial charge >= 0.3 is 6.18 Å². The Kier molecular flexibility index (Phi) is 8.73. The molecule has 2 N–H and O–H groups in total. The Balaban J connectivity index is 0.00000176. The Bertz CT molecular complexity index is 1110. The van der Waals surface area contributed by atoms with E-state index >= 15 is 0 Å². The number of amides is 1. The summed E-state index contributed by atoms with van der Waals surface area (Å²) in [6.45, 7) is 4.00.